The van der Waals surface area contributed by atoms with Crippen molar-refractivity contribution >= 4 is 34.9 Å². The number of nitrogens with one attached hydrogen (secondary N) is 1. The Balaban J connectivity index is 1.77. The van der Waals surface area contributed by atoms with Gasteiger partial charge in [-0.1, -0.05) is 18.3 Å². The summed E-state index contributed by atoms with van der Waals surface area (Å²) >= 11 is 6.90. The highest BCUT2D eigenvalue weighted by molar-refractivity contribution is 7.15. The minimum atomic E-state index is -0.696. The van der Waals surface area contributed by atoms with Crippen LogP contribution in [0.4, 0.5) is 4.79 Å². The average molecular weight is 315 g/mol. The summed E-state index contributed by atoms with van der Waals surface area (Å²) in [5.41, 5.74) is -0.696. The Bertz CT molecular complexity index is 553. The van der Waals surface area contributed by atoms with E-state index >= 15 is 0 Å². The maximum absolute atomic E-state index is 12.6. The number of carbonyl (C=O) groups is 2. The van der Waals surface area contributed by atoms with Crippen LogP contribution in [0.3, 0.4) is 0 Å². The first-order valence-electron chi connectivity index (χ1n) is 6.62. The lowest BCUT2D eigenvalue weighted by atomic mass is 9.77. The van der Waals surface area contributed by atoms with Gasteiger partial charge in [0.1, 0.15) is 10.5 Å². The second-order valence-electron chi connectivity index (χ2n) is 5.53. The second kappa shape index (κ2) is 4.96. The number of aromatic nitrogens is 2. The fourth-order valence-electron chi connectivity index (χ4n) is 2.85. The Hall–Kier alpha value is -1.21. The predicted octanol–water partition coefficient (Wildman–Crippen LogP) is 2.19. The van der Waals surface area contributed by atoms with Crippen molar-refractivity contribution in [1.29, 1.82) is 0 Å². The molecule has 2 heterocycles. The third-order valence-electron chi connectivity index (χ3n) is 4.11. The van der Waals surface area contributed by atoms with Gasteiger partial charge in [0.05, 0.1) is 6.54 Å². The fraction of sp³-hybridized carbons (Fsp3) is 0.667. The molecule has 0 radical (unpaired) electrons. The lowest BCUT2D eigenvalue weighted by Crippen LogP contribution is -2.49. The van der Waals surface area contributed by atoms with Crippen molar-refractivity contribution in [2.45, 2.75) is 44.7 Å². The number of imide groups is 1. The zero-order valence-electron chi connectivity index (χ0n) is 11.1. The molecule has 0 bridgehead atoms. The van der Waals surface area contributed by atoms with Crippen LogP contribution in [0.15, 0.2) is 0 Å². The number of hydrogen-bond donors (Lipinski definition) is 1. The van der Waals surface area contributed by atoms with Gasteiger partial charge < -0.3 is 5.32 Å². The molecule has 20 heavy (non-hydrogen) atoms. The normalized spacial score (nSPS) is 30.1. The second-order valence-corrected chi connectivity index (χ2v) is 7.18. The first-order chi connectivity index (χ1) is 9.50. The van der Waals surface area contributed by atoms with E-state index in [0.29, 0.717) is 28.2 Å². The zero-order chi connectivity index (χ0) is 14.3. The van der Waals surface area contributed by atoms with E-state index in [-0.39, 0.29) is 18.5 Å². The Morgan fingerprint density at radius 3 is 2.70 bits per heavy atom. The van der Waals surface area contributed by atoms with Gasteiger partial charge >= 0.3 is 6.03 Å². The number of amides is 3. The highest BCUT2D eigenvalue weighted by Gasteiger charge is 2.52. The van der Waals surface area contributed by atoms with Crippen molar-refractivity contribution in [2.24, 2.45) is 5.92 Å². The molecule has 3 amide bonds. The molecule has 1 saturated heterocycles. The lowest BCUT2D eigenvalue weighted by Gasteiger charge is -2.33. The van der Waals surface area contributed by atoms with Gasteiger partial charge in [-0.15, -0.1) is 10.2 Å². The number of rotatable bonds is 2. The highest BCUT2D eigenvalue weighted by Crippen LogP contribution is 2.36. The maximum Gasteiger partial charge on any atom is 0.325 e. The molecule has 0 unspecified atom stereocenters. The van der Waals surface area contributed by atoms with Gasteiger partial charge in [-0.05, 0) is 43.2 Å². The molecule has 3 rings (SSSR count). The van der Waals surface area contributed by atoms with Crippen molar-refractivity contribution in [3.63, 3.8) is 0 Å². The van der Waals surface area contributed by atoms with E-state index < -0.39 is 5.54 Å². The zero-order valence-corrected chi connectivity index (χ0v) is 12.6. The highest BCUT2D eigenvalue weighted by atomic mass is 35.5. The fourth-order valence-corrected chi connectivity index (χ4v) is 3.70. The Morgan fingerprint density at radius 2 is 2.10 bits per heavy atom. The van der Waals surface area contributed by atoms with Crippen LogP contribution in [0, 0.1) is 5.92 Å². The van der Waals surface area contributed by atoms with Crippen LogP contribution in [-0.4, -0.2) is 32.6 Å². The largest absolute Gasteiger partial charge is 0.325 e. The molecule has 1 spiro atoms. The number of nitrogens with zero attached hydrogens (tertiary/aromatic N) is 3. The van der Waals surface area contributed by atoms with Crippen molar-refractivity contribution in [3.8, 4) is 0 Å². The van der Waals surface area contributed by atoms with E-state index in [2.05, 4.69) is 22.4 Å². The van der Waals surface area contributed by atoms with Crippen molar-refractivity contribution in [2.75, 3.05) is 0 Å². The molecule has 8 heteroatoms. The number of carbonyl (C=O) groups excluding carboxylic acids is 2. The SMILES string of the molecule is CC1CCC2(CC1)NC(=O)N(Cc1nnc(Cl)s1)C2=O. The van der Waals surface area contributed by atoms with Gasteiger partial charge in [-0.3, -0.25) is 9.69 Å². The molecule has 1 aromatic rings. The first-order valence-corrected chi connectivity index (χ1v) is 7.82. The van der Waals surface area contributed by atoms with E-state index in [1.54, 1.807) is 0 Å². The van der Waals surface area contributed by atoms with Crippen LogP contribution >= 0.6 is 22.9 Å². The molecule has 1 N–H and O–H groups in total. The molecule has 2 fully saturated rings. The predicted molar refractivity (Wildman–Crippen MR) is 74.4 cm³/mol. The Labute approximate surface area is 125 Å². The van der Waals surface area contributed by atoms with Crippen molar-refractivity contribution in [1.82, 2.24) is 20.4 Å². The molecule has 1 aliphatic heterocycles. The van der Waals surface area contributed by atoms with Gasteiger partial charge in [0, 0.05) is 0 Å². The number of urea groups is 1. The molecule has 1 aromatic heterocycles. The standard InChI is InChI=1S/C12H15ClN4O2S/c1-7-2-4-12(5-3-7)9(18)17(11(19)14-12)6-8-15-16-10(13)20-8/h7H,2-6H2,1H3,(H,14,19). The van der Waals surface area contributed by atoms with Crippen LogP contribution in [0.2, 0.25) is 4.47 Å². The van der Waals surface area contributed by atoms with Gasteiger partial charge in [-0.2, -0.15) is 0 Å². The van der Waals surface area contributed by atoms with Crippen molar-refractivity contribution in [3.05, 3.63) is 9.47 Å². The third-order valence-corrected chi connectivity index (χ3v) is 5.11. The van der Waals surface area contributed by atoms with Gasteiger partial charge in [-0.25, -0.2) is 4.79 Å². The van der Waals surface area contributed by atoms with E-state index in [0.717, 1.165) is 12.8 Å². The molecule has 108 valence electrons. The van der Waals surface area contributed by atoms with E-state index in [9.17, 15) is 9.59 Å². The van der Waals surface area contributed by atoms with Gasteiger partial charge in [0.15, 0.2) is 0 Å². The molecule has 1 aliphatic carbocycles. The minimum Gasteiger partial charge on any atom is -0.323 e. The molecule has 0 atom stereocenters. The van der Waals surface area contributed by atoms with E-state index in [4.69, 9.17) is 11.6 Å². The van der Waals surface area contributed by atoms with Crippen molar-refractivity contribution < 1.29 is 9.59 Å². The Kier molecular flexibility index (Phi) is 3.41. The topological polar surface area (TPSA) is 75.2 Å². The molecular weight excluding hydrogens is 300 g/mol. The third kappa shape index (κ3) is 2.29. The summed E-state index contributed by atoms with van der Waals surface area (Å²) in [6.07, 6.45) is 3.35. The van der Waals surface area contributed by atoms with Crippen LogP contribution < -0.4 is 5.32 Å². The first kappa shape index (κ1) is 13.8. The molecule has 2 aliphatic rings. The molecule has 1 saturated carbocycles. The smallest absolute Gasteiger partial charge is 0.323 e. The Morgan fingerprint density at radius 1 is 1.40 bits per heavy atom. The van der Waals surface area contributed by atoms with Gasteiger partial charge in [0.25, 0.3) is 5.91 Å². The van der Waals surface area contributed by atoms with Crippen LogP contribution in [-0.2, 0) is 11.3 Å². The molecule has 6 nitrogen and oxygen atoms in total. The van der Waals surface area contributed by atoms with E-state index in [1.807, 2.05) is 0 Å². The van der Waals surface area contributed by atoms with E-state index in [1.165, 1.54) is 16.2 Å². The van der Waals surface area contributed by atoms with Gasteiger partial charge in [0.2, 0.25) is 4.47 Å². The maximum atomic E-state index is 12.6. The minimum absolute atomic E-state index is 0.138. The monoisotopic (exact) mass is 314 g/mol. The summed E-state index contributed by atoms with van der Waals surface area (Å²) < 4.78 is 0.313. The number of halogens is 1. The summed E-state index contributed by atoms with van der Waals surface area (Å²) in [7, 11) is 0. The van der Waals surface area contributed by atoms with Crippen LogP contribution in [0.25, 0.3) is 0 Å². The molecular formula is C12H15ClN4O2S. The van der Waals surface area contributed by atoms with Crippen LogP contribution in [0.1, 0.15) is 37.6 Å². The summed E-state index contributed by atoms with van der Waals surface area (Å²) in [6.45, 7) is 2.32. The average Bonchev–Trinajstić information content (AvgIpc) is 2.92. The summed E-state index contributed by atoms with van der Waals surface area (Å²) in [5, 5.41) is 11.0. The summed E-state index contributed by atoms with van der Waals surface area (Å²) in [6, 6.07) is -0.337. The molecule has 0 aromatic carbocycles. The van der Waals surface area contributed by atoms with Crippen LogP contribution in [0.5, 0.6) is 0 Å². The quantitative estimate of drug-likeness (QED) is 0.849. The summed E-state index contributed by atoms with van der Waals surface area (Å²) in [4.78, 5) is 25.9. The number of hydrogen-bond acceptors (Lipinski definition) is 5. The summed E-state index contributed by atoms with van der Waals surface area (Å²) in [5.74, 6) is 0.474. The lowest BCUT2D eigenvalue weighted by molar-refractivity contribution is -0.133.